The Balaban J connectivity index is 1.90. The Labute approximate surface area is 232 Å². The molecule has 4 nitrogen and oxygen atoms in total. The van der Waals surface area contributed by atoms with E-state index in [1.807, 2.05) is 51.1 Å². The Kier molecular flexibility index (Phi) is 10.4. The predicted molar refractivity (Wildman–Crippen MR) is 151 cm³/mol. The molecule has 0 unspecified atom stereocenters. The van der Waals surface area contributed by atoms with Crippen molar-refractivity contribution in [2.45, 2.75) is 51.1 Å². The second-order valence-corrected chi connectivity index (χ2v) is 11.6. The lowest BCUT2D eigenvalue weighted by Gasteiger charge is -2.34. The molecule has 0 saturated carbocycles. The van der Waals surface area contributed by atoms with Gasteiger partial charge in [-0.05, 0) is 55.7 Å². The van der Waals surface area contributed by atoms with Crippen molar-refractivity contribution in [1.29, 1.82) is 0 Å². The van der Waals surface area contributed by atoms with Crippen molar-refractivity contribution in [2.75, 3.05) is 5.75 Å². The molecular formula is C29H31Cl2FN2O2S. The number of thioether (sulfide) groups is 1. The van der Waals surface area contributed by atoms with E-state index in [-0.39, 0.29) is 29.9 Å². The van der Waals surface area contributed by atoms with Crippen LogP contribution in [0, 0.1) is 5.82 Å². The summed E-state index contributed by atoms with van der Waals surface area (Å²) in [6.07, 6.45) is 0.341. The number of carbonyl (C=O) groups excluding carboxylic acids is 2. The minimum atomic E-state index is -0.766. The first-order valence-electron chi connectivity index (χ1n) is 11.9. The monoisotopic (exact) mass is 560 g/mol. The third-order valence-electron chi connectivity index (χ3n) is 5.55. The third-order valence-corrected chi connectivity index (χ3v) is 7.25. The maximum absolute atomic E-state index is 14.1. The fourth-order valence-corrected chi connectivity index (χ4v) is 5.01. The minimum Gasteiger partial charge on any atom is -0.350 e. The van der Waals surface area contributed by atoms with Crippen molar-refractivity contribution >= 4 is 46.8 Å². The first-order valence-corrected chi connectivity index (χ1v) is 13.8. The lowest BCUT2D eigenvalue weighted by Crippen LogP contribution is -2.54. The van der Waals surface area contributed by atoms with Crippen LogP contribution < -0.4 is 5.32 Å². The van der Waals surface area contributed by atoms with Gasteiger partial charge in [-0.2, -0.15) is 0 Å². The summed E-state index contributed by atoms with van der Waals surface area (Å²) in [5.74, 6) is -0.344. The van der Waals surface area contributed by atoms with Crippen LogP contribution in [0.15, 0.2) is 72.8 Å². The highest BCUT2D eigenvalue weighted by atomic mass is 35.5. The third kappa shape index (κ3) is 9.06. The molecule has 1 atom stereocenters. The molecule has 0 bridgehead atoms. The highest BCUT2D eigenvalue weighted by Gasteiger charge is 2.32. The average molecular weight is 562 g/mol. The molecule has 37 heavy (non-hydrogen) atoms. The molecular weight excluding hydrogens is 530 g/mol. The number of halogens is 3. The van der Waals surface area contributed by atoms with Crippen LogP contribution in [0.2, 0.25) is 10.0 Å². The molecule has 0 aliphatic carbocycles. The molecule has 0 radical (unpaired) electrons. The van der Waals surface area contributed by atoms with Crippen LogP contribution in [-0.2, 0) is 28.3 Å². The molecule has 0 aromatic heterocycles. The van der Waals surface area contributed by atoms with Gasteiger partial charge in [-0.25, -0.2) is 4.39 Å². The molecule has 0 aliphatic rings. The molecule has 1 N–H and O–H groups in total. The first-order chi connectivity index (χ1) is 17.5. The second kappa shape index (κ2) is 13.3. The van der Waals surface area contributed by atoms with E-state index in [4.69, 9.17) is 23.2 Å². The zero-order valence-corrected chi connectivity index (χ0v) is 23.5. The molecule has 3 rings (SSSR count). The van der Waals surface area contributed by atoms with E-state index in [0.29, 0.717) is 27.8 Å². The van der Waals surface area contributed by atoms with Crippen molar-refractivity contribution in [3.05, 3.63) is 105 Å². The van der Waals surface area contributed by atoms with Gasteiger partial charge in [0.2, 0.25) is 11.8 Å². The van der Waals surface area contributed by atoms with Crippen molar-refractivity contribution in [2.24, 2.45) is 0 Å². The summed E-state index contributed by atoms with van der Waals surface area (Å²) in [4.78, 5) is 28.8. The largest absolute Gasteiger partial charge is 0.350 e. The van der Waals surface area contributed by atoms with Gasteiger partial charge in [0.25, 0.3) is 0 Å². The van der Waals surface area contributed by atoms with E-state index >= 15 is 0 Å². The smallest absolute Gasteiger partial charge is 0.243 e. The van der Waals surface area contributed by atoms with Crippen molar-refractivity contribution in [1.82, 2.24) is 10.2 Å². The zero-order chi connectivity index (χ0) is 27.0. The van der Waals surface area contributed by atoms with Crippen LogP contribution in [0.4, 0.5) is 4.39 Å². The van der Waals surface area contributed by atoms with Gasteiger partial charge in [0.1, 0.15) is 11.9 Å². The van der Waals surface area contributed by atoms with E-state index in [0.717, 1.165) is 11.1 Å². The summed E-state index contributed by atoms with van der Waals surface area (Å²) < 4.78 is 14.1. The number of nitrogens with zero attached hydrogens (tertiary/aromatic N) is 1. The number of benzene rings is 3. The summed E-state index contributed by atoms with van der Waals surface area (Å²) in [7, 11) is 0. The number of rotatable bonds is 10. The van der Waals surface area contributed by atoms with Crippen molar-refractivity contribution < 1.29 is 14.0 Å². The van der Waals surface area contributed by atoms with Crippen LogP contribution in [-0.4, -0.2) is 34.0 Å². The van der Waals surface area contributed by atoms with Crippen LogP contribution in [0.5, 0.6) is 0 Å². The van der Waals surface area contributed by atoms with Crippen LogP contribution in [0.25, 0.3) is 0 Å². The fraction of sp³-hybridized carbons (Fsp3) is 0.310. The second-order valence-electron chi connectivity index (χ2n) is 9.80. The maximum atomic E-state index is 14.1. The summed E-state index contributed by atoms with van der Waals surface area (Å²) in [5.41, 5.74) is 1.73. The van der Waals surface area contributed by atoms with Gasteiger partial charge in [0, 0.05) is 24.3 Å². The molecule has 196 valence electrons. The number of hydrogen-bond donors (Lipinski definition) is 1. The van der Waals surface area contributed by atoms with E-state index in [2.05, 4.69) is 5.32 Å². The predicted octanol–water partition coefficient (Wildman–Crippen LogP) is 6.92. The van der Waals surface area contributed by atoms with Gasteiger partial charge in [0.05, 0.1) is 15.8 Å². The number of hydrogen-bond acceptors (Lipinski definition) is 3. The first kappa shape index (κ1) is 29.0. The topological polar surface area (TPSA) is 49.4 Å². The van der Waals surface area contributed by atoms with Gasteiger partial charge in [-0.1, -0.05) is 77.8 Å². The SMILES string of the molecule is CC(C)(C)NC(=O)[C@@H](Cc1ccccc1)N(Cc1ccc(Cl)c(Cl)c1)C(=O)CSCc1ccccc1F. The molecule has 0 heterocycles. The lowest BCUT2D eigenvalue weighted by molar-refractivity contribution is -0.140. The van der Waals surface area contributed by atoms with Crippen LogP contribution in [0.3, 0.4) is 0 Å². The minimum absolute atomic E-state index is 0.0870. The molecule has 0 spiro atoms. The van der Waals surface area contributed by atoms with Crippen molar-refractivity contribution in [3.63, 3.8) is 0 Å². The molecule has 0 saturated heterocycles. The molecule has 8 heteroatoms. The molecule has 0 aliphatic heterocycles. The highest BCUT2D eigenvalue weighted by Crippen LogP contribution is 2.25. The van der Waals surface area contributed by atoms with E-state index in [9.17, 15) is 14.0 Å². The summed E-state index contributed by atoms with van der Waals surface area (Å²) in [5, 5.41) is 3.82. The molecule has 3 aromatic carbocycles. The average Bonchev–Trinajstić information content (AvgIpc) is 2.84. The molecule has 3 aromatic rings. The quantitative estimate of drug-likeness (QED) is 0.292. The number of amides is 2. The van der Waals surface area contributed by atoms with E-state index in [1.165, 1.54) is 17.8 Å². The summed E-state index contributed by atoms with van der Waals surface area (Å²) in [6.45, 7) is 5.88. The Hall–Kier alpha value is -2.54. The standard InChI is InChI=1S/C29H31Cl2FN2O2S/c1-29(2,3)33-28(36)26(16-20-9-5-4-6-10-20)34(17-21-13-14-23(30)24(31)15-21)27(35)19-37-18-22-11-7-8-12-25(22)32/h4-15,26H,16-19H2,1-3H3,(H,33,36)/t26-/m1/s1. The Morgan fingerprint density at radius 3 is 2.27 bits per heavy atom. The molecule has 2 amide bonds. The van der Waals surface area contributed by atoms with Crippen LogP contribution in [0.1, 0.15) is 37.5 Å². The zero-order valence-electron chi connectivity index (χ0n) is 21.1. The molecule has 0 fully saturated rings. The van der Waals surface area contributed by atoms with Gasteiger partial charge < -0.3 is 10.2 Å². The fourth-order valence-electron chi connectivity index (χ4n) is 3.79. The Morgan fingerprint density at radius 2 is 1.62 bits per heavy atom. The number of nitrogens with one attached hydrogen (secondary N) is 1. The van der Waals surface area contributed by atoms with Gasteiger partial charge in [0.15, 0.2) is 0 Å². The van der Waals surface area contributed by atoms with Crippen LogP contribution >= 0.6 is 35.0 Å². The van der Waals surface area contributed by atoms with Gasteiger partial charge in [-0.15, -0.1) is 11.8 Å². The van der Waals surface area contributed by atoms with Gasteiger partial charge in [-0.3, -0.25) is 9.59 Å². The normalized spacial score (nSPS) is 12.2. The summed E-state index contributed by atoms with van der Waals surface area (Å²) >= 11 is 13.7. The Bertz CT molecular complexity index is 1220. The van der Waals surface area contributed by atoms with Crippen molar-refractivity contribution in [3.8, 4) is 0 Å². The number of carbonyl (C=O) groups is 2. The Morgan fingerprint density at radius 1 is 0.946 bits per heavy atom. The summed E-state index contributed by atoms with van der Waals surface area (Å²) in [6, 6.07) is 20.5. The maximum Gasteiger partial charge on any atom is 0.243 e. The van der Waals surface area contributed by atoms with E-state index in [1.54, 1.807) is 41.3 Å². The van der Waals surface area contributed by atoms with Gasteiger partial charge >= 0.3 is 0 Å². The highest BCUT2D eigenvalue weighted by molar-refractivity contribution is 7.99. The van der Waals surface area contributed by atoms with E-state index < -0.39 is 11.6 Å². The lowest BCUT2D eigenvalue weighted by atomic mass is 10.0.